The highest BCUT2D eigenvalue weighted by atomic mass is 32.1. The van der Waals surface area contributed by atoms with Crippen molar-refractivity contribution in [2.75, 3.05) is 6.54 Å². The van der Waals surface area contributed by atoms with Gasteiger partial charge in [-0.05, 0) is 37.9 Å². The van der Waals surface area contributed by atoms with E-state index in [-0.39, 0.29) is 0 Å². The lowest BCUT2D eigenvalue weighted by Gasteiger charge is -2.21. The predicted octanol–water partition coefficient (Wildman–Crippen LogP) is 1.70. The lowest BCUT2D eigenvalue weighted by Crippen LogP contribution is -2.28. The zero-order chi connectivity index (χ0) is 11.5. The van der Waals surface area contributed by atoms with Gasteiger partial charge in [0.1, 0.15) is 10.7 Å². The van der Waals surface area contributed by atoms with E-state index in [1.54, 1.807) is 6.20 Å². The van der Waals surface area contributed by atoms with E-state index in [4.69, 9.17) is 18.0 Å². The van der Waals surface area contributed by atoms with Gasteiger partial charge in [0.2, 0.25) is 0 Å². The summed E-state index contributed by atoms with van der Waals surface area (Å²) < 4.78 is 0. The van der Waals surface area contributed by atoms with E-state index in [2.05, 4.69) is 22.9 Å². The minimum Gasteiger partial charge on any atom is -0.388 e. The third kappa shape index (κ3) is 2.39. The highest BCUT2D eigenvalue weighted by molar-refractivity contribution is 7.80. The first-order chi connectivity index (χ1) is 7.68. The fourth-order valence-corrected chi connectivity index (χ4v) is 2.42. The van der Waals surface area contributed by atoms with Crippen LogP contribution in [0.15, 0.2) is 18.3 Å². The monoisotopic (exact) mass is 235 g/mol. The summed E-state index contributed by atoms with van der Waals surface area (Å²) in [6.07, 6.45) is 4.30. The molecule has 1 aromatic rings. The van der Waals surface area contributed by atoms with Crippen LogP contribution in [0, 0.1) is 0 Å². The number of aromatic nitrogens is 1. The van der Waals surface area contributed by atoms with Gasteiger partial charge in [-0.1, -0.05) is 18.3 Å². The molecule has 0 aromatic carbocycles. The van der Waals surface area contributed by atoms with Crippen LogP contribution in [0.5, 0.6) is 0 Å². The van der Waals surface area contributed by atoms with E-state index in [1.165, 1.54) is 12.8 Å². The molecule has 2 heterocycles. The number of hydrogen-bond acceptors (Lipinski definition) is 3. The quantitative estimate of drug-likeness (QED) is 0.810. The van der Waals surface area contributed by atoms with Gasteiger partial charge in [0.05, 0.1) is 0 Å². The van der Waals surface area contributed by atoms with Crippen molar-refractivity contribution in [3.05, 3.63) is 29.6 Å². The molecule has 16 heavy (non-hydrogen) atoms. The molecule has 1 saturated heterocycles. The van der Waals surface area contributed by atoms with Crippen LogP contribution in [0.4, 0.5) is 0 Å². The summed E-state index contributed by atoms with van der Waals surface area (Å²) in [5.41, 5.74) is 7.59. The highest BCUT2D eigenvalue weighted by Crippen LogP contribution is 2.20. The number of pyridine rings is 1. The molecule has 2 rings (SSSR count). The Morgan fingerprint density at radius 2 is 2.50 bits per heavy atom. The van der Waals surface area contributed by atoms with E-state index < -0.39 is 0 Å². The molecule has 1 aliphatic rings. The smallest absolute Gasteiger partial charge is 0.123 e. The molecule has 4 heteroatoms. The topological polar surface area (TPSA) is 42.2 Å². The van der Waals surface area contributed by atoms with Crippen LogP contribution in [-0.4, -0.2) is 27.5 Å². The van der Waals surface area contributed by atoms with Crippen molar-refractivity contribution >= 4 is 17.2 Å². The molecule has 0 saturated carbocycles. The van der Waals surface area contributed by atoms with E-state index in [0.29, 0.717) is 11.0 Å². The largest absolute Gasteiger partial charge is 0.388 e. The minimum absolute atomic E-state index is 0.391. The Balaban J connectivity index is 2.17. The molecule has 86 valence electrons. The van der Waals surface area contributed by atoms with Crippen molar-refractivity contribution < 1.29 is 0 Å². The third-order valence-corrected chi connectivity index (χ3v) is 3.38. The van der Waals surface area contributed by atoms with Crippen molar-refractivity contribution in [3.8, 4) is 0 Å². The lowest BCUT2D eigenvalue weighted by atomic mass is 10.1. The Bertz CT molecular complexity index is 392. The summed E-state index contributed by atoms with van der Waals surface area (Å²) in [4.78, 5) is 7.10. The summed E-state index contributed by atoms with van der Waals surface area (Å²) in [6.45, 7) is 4.33. The summed E-state index contributed by atoms with van der Waals surface area (Å²) >= 11 is 5.02. The van der Waals surface area contributed by atoms with Gasteiger partial charge in [-0.25, -0.2) is 0 Å². The number of hydrogen-bond donors (Lipinski definition) is 1. The van der Waals surface area contributed by atoms with Crippen LogP contribution >= 0.6 is 12.2 Å². The van der Waals surface area contributed by atoms with Crippen molar-refractivity contribution in [3.63, 3.8) is 0 Å². The molecule has 1 atom stereocenters. The fraction of sp³-hybridized carbons (Fsp3) is 0.500. The second kappa shape index (κ2) is 4.89. The highest BCUT2D eigenvalue weighted by Gasteiger charge is 2.21. The van der Waals surface area contributed by atoms with Gasteiger partial charge in [0.25, 0.3) is 0 Å². The first kappa shape index (κ1) is 11.5. The normalized spacial score (nSPS) is 21.2. The fourth-order valence-electron chi connectivity index (χ4n) is 2.23. The van der Waals surface area contributed by atoms with Gasteiger partial charge >= 0.3 is 0 Å². The van der Waals surface area contributed by atoms with Crippen molar-refractivity contribution in [1.29, 1.82) is 0 Å². The molecule has 0 bridgehead atoms. The Kier molecular flexibility index (Phi) is 3.51. The van der Waals surface area contributed by atoms with Crippen LogP contribution < -0.4 is 5.73 Å². The number of likely N-dealkylation sites (tertiary alicyclic amines) is 1. The molecule has 0 amide bonds. The number of thiocarbonyl (C=S) groups is 1. The summed E-state index contributed by atoms with van der Waals surface area (Å²) in [6, 6.07) is 4.66. The SMILES string of the molecule is CC1CCCN1Cc1cccnc1C(N)=S. The molecular formula is C12H17N3S. The van der Waals surface area contributed by atoms with Crippen LogP contribution in [0.3, 0.4) is 0 Å². The van der Waals surface area contributed by atoms with Gasteiger partial charge < -0.3 is 5.73 Å². The van der Waals surface area contributed by atoms with Crippen LogP contribution in [-0.2, 0) is 6.54 Å². The second-order valence-corrected chi connectivity index (χ2v) is 4.78. The van der Waals surface area contributed by atoms with Crippen LogP contribution in [0.25, 0.3) is 0 Å². The van der Waals surface area contributed by atoms with E-state index in [1.807, 2.05) is 6.07 Å². The summed E-state index contributed by atoms with van der Waals surface area (Å²) in [7, 11) is 0. The standard InChI is InChI=1S/C12H17N3S/c1-9-4-3-7-15(9)8-10-5-2-6-14-11(10)12(13)16/h2,5-6,9H,3-4,7-8H2,1H3,(H2,13,16). The van der Waals surface area contributed by atoms with Gasteiger partial charge in [-0.15, -0.1) is 0 Å². The van der Waals surface area contributed by atoms with Crippen molar-refractivity contribution in [2.45, 2.75) is 32.4 Å². The van der Waals surface area contributed by atoms with Gasteiger partial charge in [-0.3, -0.25) is 9.88 Å². The van der Waals surface area contributed by atoms with Gasteiger partial charge in [0.15, 0.2) is 0 Å². The molecule has 1 fully saturated rings. The molecule has 1 unspecified atom stereocenters. The van der Waals surface area contributed by atoms with Gasteiger partial charge in [0, 0.05) is 18.8 Å². The number of rotatable bonds is 3. The molecule has 0 aliphatic carbocycles. The first-order valence-electron chi connectivity index (χ1n) is 5.66. The molecule has 0 radical (unpaired) electrons. The molecule has 2 N–H and O–H groups in total. The predicted molar refractivity (Wildman–Crippen MR) is 69.2 cm³/mol. The Hall–Kier alpha value is -1.00. The Morgan fingerprint density at radius 1 is 1.69 bits per heavy atom. The maximum atomic E-state index is 5.67. The minimum atomic E-state index is 0.391. The number of nitrogens with zero attached hydrogens (tertiary/aromatic N) is 2. The average Bonchev–Trinajstić information content (AvgIpc) is 2.65. The Labute approximate surface area is 102 Å². The molecule has 0 spiro atoms. The zero-order valence-electron chi connectivity index (χ0n) is 9.52. The maximum absolute atomic E-state index is 5.67. The molecule has 1 aromatic heterocycles. The lowest BCUT2D eigenvalue weighted by molar-refractivity contribution is 0.260. The van der Waals surface area contributed by atoms with E-state index >= 15 is 0 Å². The molecular weight excluding hydrogens is 218 g/mol. The maximum Gasteiger partial charge on any atom is 0.123 e. The van der Waals surface area contributed by atoms with E-state index in [9.17, 15) is 0 Å². The average molecular weight is 235 g/mol. The summed E-state index contributed by atoms with van der Waals surface area (Å²) in [5, 5.41) is 0. The molecule has 1 aliphatic heterocycles. The van der Waals surface area contributed by atoms with Crippen molar-refractivity contribution in [1.82, 2.24) is 9.88 Å². The van der Waals surface area contributed by atoms with Gasteiger partial charge in [-0.2, -0.15) is 0 Å². The zero-order valence-corrected chi connectivity index (χ0v) is 10.3. The number of nitrogens with two attached hydrogens (primary N) is 1. The van der Waals surface area contributed by atoms with Crippen molar-refractivity contribution in [2.24, 2.45) is 5.73 Å². The van der Waals surface area contributed by atoms with Crippen LogP contribution in [0.2, 0.25) is 0 Å². The summed E-state index contributed by atoms with van der Waals surface area (Å²) in [5.74, 6) is 0. The third-order valence-electron chi connectivity index (χ3n) is 3.19. The Morgan fingerprint density at radius 3 is 3.12 bits per heavy atom. The van der Waals surface area contributed by atoms with Crippen LogP contribution in [0.1, 0.15) is 31.0 Å². The first-order valence-corrected chi connectivity index (χ1v) is 6.07. The second-order valence-electron chi connectivity index (χ2n) is 4.34. The van der Waals surface area contributed by atoms with E-state index in [0.717, 1.165) is 24.3 Å². The molecule has 3 nitrogen and oxygen atoms in total.